The second kappa shape index (κ2) is 11.1. The monoisotopic (exact) mass is 535 g/mol. The summed E-state index contributed by atoms with van der Waals surface area (Å²) in [6.45, 7) is 5.96. The van der Waals surface area contributed by atoms with E-state index < -0.39 is 0 Å². The Morgan fingerprint density at radius 3 is 2.59 bits per heavy atom. The standard InChI is InChI=1S/C28H37N7O4/c1-33-10-3-11-34(13-12-33)27(37)19-8-6-18(7-9-19)24-23-25(31-30-24)20-4-2-5-21(22(20)26(23)36)29-28(38)32-35-14-16-39-17-15-35/h2,4-5,18-19H,3,6-17H2,1H3,(H,30,31)(H2,29,32,38)/t18-,19-. The van der Waals surface area contributed by atoms with Gasteiger partial charge in [-0.05, 0) is 51.8 Å². The third kappa shape index (κ3) is 5.18. The smallest absolute Gasteiger partial charge is 0.333 e. The van der Waals surface area contributed by atoms with E-state index >= 15 is 0 Å². The van der Waals surface area contributed by atoms with Crippen molar-refractivity contribution < 1.29 is 19.1 Å². The van der Waals surface area contributed by atoms with Gasteiger partial charge in [-0.1, -0.05) is 12.1 Å². The van der Waals surface area contributed by atoms with Crippen molar-refractivity contribution in [3.63, 3.8) is 0 Å². The number of likely N-dealkylation sites (N-methyl/N-ethyl adjacent to an activating group) is 1. The molecule has 0 spiro atoms. The number of hydrazine groups is 1. The molecule has 4 aliphatic rings. The van der Waals surface area contributed by atoms with Crippen LogP contribution in [0.1, 0.15) is 59.6 Å². The number of carbonyl (C=O) groups excluding carboxylic acids is 3. The number of benzene rings is 1. The number of nitrogens with zero attached hydrogens (tertiary/aromatic N) is 4. The van der Waals surface area contributed by atoms with Crippen molar-refractivity contribution in [2.45, 2.75) is 38.0 Å². The van der Waals surface area contributed by atoms with Crippen molar-refractivity contribution in [1.29, 1.82) is 0 Å². The fourth-order valence-electron chi connectivity index (χ4n) is 6.42. The van der Waals surface area contributed by atoms with Gasteiger partial charge in [-0.15, -0.1) is 0 Å². The molecular formula is C28H37N7O4. The second-order valence-corrected chi connectivity index (χ2v) is 11.1. The van der Waals surface area contributed by atoms with Crippen LogP contribution in [0.4, 0.5) is 10.5 Å². The molecule has 2 saturated heterocycles. The van der Waals surface area contributed by atoms with E-state index in [1.165, 1.54) is 0 Å². The molecule has 0 radical (unpaired) electrons. The maximum Gasteiger partial charge on any atom is 0.333 e. The van der Waals surface area contributed by atoms with Crippen LogP contribution in [0.25, 0.3) is 11.3 Å². The van der Waals surface area contributed by atoms with Crippen molar-refractivity contribution in [2.24, 2.45) is 5.92 Å². The Hall–Kier alpha value is -3.28. The van der Waals surface area contributed by atoms with E-state index in [0.717, 1.165) is 69.5 Å². The predicted molar refractivity (Wildman–Crippen MR) is 145 cm³/mol. The number of amides is 3. The summed E-state index contributed by atoms with van der Waals surface area (Å²) in [4.78, 5) is 44.0. The Morgan fingerprint density at radius 1 is 1.00 bits per heavy atom. The lowest BCUT2D eigenvalue weighted by Crippen LogP contribution is -2.49. The first-order valence-electron chi connectivity index (χ1n) is 14.1. The third-order valence-electron chi connectivity index (χ3n) is 8.60. The average Bonchev–Trinajstić information content (AvgIpc) is 3.42. The molecule has 3 N–H and O–H groups in total. The molecule has 3 heterocycles. The van der Waals surface area contributed by atoms with Crippen LogP contribution in [0.15, 0.2) is 18.2 Å². The number of fused-ring (bicyclic) bond motifs is 3. The predicted octanol–water partition coefficient (Wildman–Crippen LogP) is 2.43. The van der Waals surface area contributed by atoms with Gasteiger partial charge in [0.15, 0.2) is 5.78 Å². The lowest BCUT2D eigenvalue weighted by Gasteiger charge is -2.31. The molecule has 2 aliphatic heterocycles. The average molecular weight is 536 g/mol. The van der Waals surface area contributed by atoms with E-state index in [1.807, 2.05) is 17.0 Å². The molecule has 0 bridgehead atoms. The van der Waals surface area contributed by atoms with Gasteiger partial charge in [-0.25, -0.2) is 9.80 Å². The first-order valence-corrected chi connectivity index (χ1v) is 14.1. The lowest BCUT2D eigenvalue weighted by molar-refractivity contribution is -0.136. The van der Waals surface area contributed by atoms with Gasteiger partial charge in [-0.3, -0.25) is 20.1 Å². The Morgan fingerprint density at radius 2 is 1.79 bits per heavy atom. The van der Waals surface area contributed by atoms with Crippen LogP contribution in [0.3, 0.4) is 0 Å². The fraction of sp³-hybridized carbons (Fsp3) is 0.571. The highest BCUT2D eigenvalue weighted by atomic mass is 16.5. The molecule has 11 nitrogen and oxygen atoms in total. The Labute approximate surface area is 228 Å². The number of ether oxygens (including phenoxy) is 1. The van der Waals surface area contributed by atoms with Crippen LogP contribution in [0.5, 0.6) is 0 Å². The van der Waals surface area contributed by atoms with E-state index in [0.29, 0.717) is 48.8 Å². The van der Waals surface area contributed by atoms with Crippen molar-refractivity contribution in [3.05, 3.63) is 35.0 Å². The van der Waals surface area contributed by atoms with Gasteiger partial charge in [0.1, 0.15) is 0 Å². The molecule has 11 heteroatoms. The van der Waals surface area contributed by atoms with Crippen LogP contribution < -0.4 is 10.7 Å². The van der Waals surface area contributed by atoms with Gasteiger partial charge in [-0.2, -0.15) is 5.10 Å². The highest BCUT2D eigenvalue weighted by Gasteiger charge is 2.39. The van der Waals surface area contributed by atoms with Crippen LogP contribution in [-0.4, -0.2) is 102 Å². The number of rotatable bonds is 4. The summed E-state index contributed by atoms with van der Waals surface area (Å²) in [5.74, 6) is 0.345. The van der Waals surface area contributed by atoms with E-state index in [4.69, 9.17) is 4.74 Å². The molecule has 1 saturated carbocycles. The summed E-state index contributed by atoms with van der Waals surface area (Å²) in [6.07, 6.45) is 4.31. The molecule has 6 rings (SSSR count). The van der Waals surface area contributed by atoms with Gasteiger partial charge in [0.2, 0.25) is 5.91 Å². The zero-order valence-electron chi connectivity index (χ0n) is 22.5. The Bertz CT molecular complexity index is 1250. The number of anilines is 1. The number of urea groups is 1. The number of ketones is 1. The van der Waals surface area contributed by atoms with Crippen LogP contribution >= 0.6 is 0 Å². The molecular weight excluding hydrogens is 498 g/mol. The molecule has 0 atom stereocenters. The Kier molecular flexibility index (Phi) is 7.37. The summed E-state index contributed by atoms with van der Waals surface area (Å²) in [6, 6.07) is 5.10. The molecule has 3 fully saturated rings. The first-order chi connectivity index (χ1) is 19.0. The maximum atomic E-state index is 13.7. The lowest BCUT2D eigenvalue weighted by atomic mass is 9.78. The number of hydrogen-bond acceptors (Lipinski definition) is 7. The fourth-order valence-corrected chi connectivity index (χ4v) is 6.42. The van der Waals surface area contributed by atoms with Crippen molar-refractivity contribution in [1.82, 2.24) is 30.4 Å². The number of carbonyl (C=O) groups is 3. The number of H-pyrrole nitrogens is 1. The van der Waals surface area contributed by atoms with Gasteiger partial charge in [0.05, 0.1) is 41.4 Å². The number of aromatic amines is 1. The zero-order chi connectivity index (χ0) is 26.9. The molecule has 2 aromatic rings. The van der Waals surface area contributed by atoms with Gasteiger partial charge in [0, 0.05) is 50.1 Å². The number of aromatic nitrogens is 2. The van der Waals surface area contributed by atoms with Crippen molar-refractivity contribution in [3.8, 4) is 11.3 Å². The zero-order valence-corrected chi connectivity index (χ0v) is 22.5. The van der Waals surface area contributed by atoms with Crippen LogP contribution in [0, 0.1) is 5.92 Å². The number of morpholine rings is 1. The van der Waals surface area contributed by atoms with Gasteiger partial charge < -0.3 is 19.9 Å². The normalized spacial score (nSPS) is 24.1. The minimum Gasteiger partial charge on any atom is -0.379 e. The van der Waals surface area contributed by atoms with Crippen LogP contribution in [0.2, 0.25) is 0 Å². The molecule has 2 aliphatic carbocycles. The minimum absolute atomic E-state index is 0.0466. The molecule has 0 unspecified atom stereocenters. The summed E-state index contributed by atoms with van der Waals surface area (Å²) >= 11 is 0. The first kappa shape index (κ1) is 26.0. The number of hydrogen-bond donors (Lipinski definition) is 3. The highest BCUT2D eigenvalue weighted by Crippen LogP contribution is 2.45. The largest absolute Gasteiger partial charge is 0.379 e. The summed E-state index contributed by atoms with van der Waals surface area (Å²) < 4.78 is 5.33. The molecule has 1 aromatic heterocycles. The minimum atomic E-state index is -0.383. The topological polar surface area (TPSA) is 123 Å². The van der Waals surface area contributed by atoms with Gasteiger partial charge in [0.25, 0.3) is 0 Å². The van der Waals surface area contributed by atoms with E-state index in [9.17, 15) is 14.4 Å². The Balaban J connectivity index is 1.12. The summed E-state index contributed by atoms with van der Waals surface area (Å²) in [7, 11) is 2.11. The maximum absolute atomic E-state index is 13.7. The molecule has 3 amide bonds. The van der Waals surface area contributed by atoms with E-state index in [1.54, 1.807) is 11.1 Å². The molecule has 39 heavy (non-hydrogen) atoms. The van der Waals surface area contributed by atoms with E-state index in [-0.39, 0.29) is 29.6 Å². The van der Waals surface area contributed by atoms with Gasteiger partial charge >= 0.3 is 6.03 Å². The second-order valence-electron chi connectivity index (χ2n) is 11.1. The van der Waals surface area contributed by atoms with Crippen molar-refractivity contribution >= 4 is 23.4 Å². The van der Waals surface area contributed by atoms with Crippen LogP contribution in [-0.2, 0) is 9.53 Å². The molecule has 1 aromatic carbocycles. The number of nitrogens with one attached hydrogen (secondary N) is 3. The quantitative estimate of drug-likeness (QED) is 0.469. The van der Waals surface area contributed by atoms with Crippen molar-refractivity contribution in [2.75, 3.05) is 64.8 Å². The third-order valence-corrected chi connectivity index (χ3v) is 8.60. The highest BCUT2D eigenvalue weighted by molar-refractivity contribution is 6.25. The SMILES string of the molecule is CN1CCCN(C(=O)[C@H]2CC[C@H](c3n[nH]c4c3C(=O)c3c(NC(=O)NN5CCOCC5)cccc3-4)CC2)CC1. The summed E-state index contributed by atoms with van der Waals surface area (Å²) in [5.41, 5.74) is 6.68. The van der Waals surface area contributed by atoms with E-state index in [2.05, 4.69) is 32.9 Å². The molecule has 208 valence electrons. The summed E-state index contributed by atoms with van der Waals surface area (Å²) in [5, 5.41) is 12.4.